The Morgan fingerprint density at radius 1 is 1.21 bits per heavy atom. The van der Waals surface area contributed by atoms with Gasteiger partial charge in [0, 0.05) is 24.9 Å². The van der Waals surface area contributed by atoms with Gasteiger partial charge >= 0.3 is 0 Å². The molecule has 0 aliphatic heterocycles. The van der Waals surface area contributed by atoms with Crippen molar-refractivity contribution >= 4 is 6.29 Å². The van der Waals surface area contributed by atoms with Gasteiger partial charge in [-0.1, -0.05) is 0 Å². The maximum Gasteiger partial charge on any atom is 0.153 e. The largest absolute Gasteiger partial charge is 0.497 e. The number of rotatable bonds is 6. The highest BCUT2D eigenvalue weighted by Crippen LogP contribution is 2.23. The van der Waals surface area contributed by atoms with Crippen LogP contribution < -0.4 is 9.47 Å². The minimum atomic E-state index is 0.498. The molecule has 0 atom stereocenters. The van der Waals surface area contributed by atoms with Crippen molar-refractivity contribution in [3.05, 3.63) is 53.9 Å². The standard InChI is InChI=1S/C15H15NO3/c1-18-14-3-2-13(11-17)15(10-14)19-9-6-12-4-7-16-8-5-12/h2-5,7-8,10-11H,6,9H2,1H3. The molecule has 0 unspecified atom stereocenters. The normalized spacial score (nSPS) is 9.95. The number of carbonyl (C=O) groups is 1. The highest BCUT2D eigenvalue weighted by atomic mass is 16.5. The van der Waals surface area contributed by atoms with E-state index < -0.39 is 0 Å². The third-order valence-corrected chi connectivity index (χ3v) is 2.75. The van der Waals surface area contributed by atoms with Gasteiger partial charge in [-0.25, -0.2) is 0 Å². The molecule has 0 fully saturated rings. The Labute approximate surface area is 112 Å². The number of nitrogens with zero attached hydrogens (tertiary/aromatic N) is 1. The van der Waals surface area contributed by atoms with E-state index in [1.165, 1.54) is 0 Å². The predicted molar refractivity (Wildman–Crippen MR) is 71.8 cm³/mol. The van der Waals surface area contributed by atoms with E-state index >= 15 is 0 Å². The molecule has 2 aromatic rings. The average molecular weight is 257 g/mol. The summed E-state index contributed by atoms with van der Waals surface area (Å²) in [5, 5.41) is 0. The first-order chi connectivity index (χ1) is 9.33. The van der Waals surface area contributed by atoms with Crippen LogP contribution in [-0.2, 0) is 6.42 Å². The first kappa shape index (κ1) is 13.1. The molecule has 1 aromatic heterocycles. The van der Waals surface area contributed by atoms with Crippen molar-refractivity contribution < 1.29 is 14.3 Å². The van der Waals surface area contributed by atoms with Gasteiger partial charge in [-0.15, -0.1) is 0 Å². The second kappa shape index (κ2) is 6.54. The number of aromatic nitrogens is 1. The summed E-state index contributed by atoms with van der Waals surface area (Å²) in [6.45, 7) is 0.498. The number of hydrogen-bond acceptors (Lipinski definition) is 4. The molecule has 0 spiro atoms. The topological polar surface area (TPSA) is 48.4 Å². The number of pyridine rings is 1. The van der Waals surface area contributed by atoms with Crippen LogP contribution in [0.4, 0.5) is 0 Å². The van der Waals surface area contributed by atoms with Crippen LogP contribution in [0.25, 0.3) is 0 Å². The van der Waals surface area contributed by atoms with Crippen molar-refractivity contribution in [2.24, 2.45) is 0 Å². The minimum Gasteiger partial charge on any atom is -0.497 e. The number of carbonyl (C=O) groups excluding carboxylic acids is 1. The Kier molecular flexibility index (Phi) is 4.50. The molecule has 19 heavy (non-hydrogen) atoms. The van der Waals surface area contributed by atoms with E-state index in [4.69, 9.17) is 9.47 Å². The maximum atomic E-state index is 10.9. The fourth-order valence-electron chi connectivity index (χ4n) is 1.69. The summed E-state index contributed by atoms with van der Waals surface area (Å²) in [7, 11) is 1.58. The van der Waals surface area contributed by atoms with E-state index in [0.717, 1.165) is 18.3 Å². The Morgan fingerprint density at radius 3 is 2.68 bits per heavy atom. The molecule has 0 radical (unpaired) electrons. The van der Waals surface area contributed by atoms with Crippen molar-refractivity contribution in [1.82, 2.24) is 4.98 Å². The predicted octanol–water partition coefficient (Wildman–Crippen LogP) is 2.52. The van der Waals surface area contributed by atoms with Gasteiger partial charge in [0.2, 0.25) is 0 Å². The van der Waals surface area contributed by atoms with E-state index in [2.05, 4.69) is 4.98 Å². The van der Waals surface area contributed by atoms with E-state index in [-0.39, 0.29) is 0 Å². The lowest BCUT2D eigenvalue weighted by molar-refractivity contribution is 0.111. The van der Waals surface area contributed by atoms with Crippen molar-refractivity contribution in [2.45, 2.75) is 6.42 Å². The summed E-state index contributed by atoms with van der Waals surface area (Å²) < 4.78 is 10.8. The molecule has 0 saturated heterocycles. The molecule has 0 amide bonds. The molecule has 1 aromatic carbocycles. The molecule has 1 heterocycles. The van der Waals surface area contributed by atoms with Crippen molar-refractivity contribution in [2.75, 3.05) is 13.7 Å². The molecule has 98 valence electrons. The molecule has 0 saturated carbocycles. The lowest BCUT2D eigenvalue weighted by atomic mass is 10.2. The van der Waals surface area contributed by atoms with Gasteiger partial charge in [-0.2, -0.15) is 0 Å². The first-order valence-electron chi connectivity index (χ1n) is 5.98. The summed E-state index contributed by atoms with van der Waals surface area (Å²) in [4.78, 5) is 14.9. The fraction of sp³-hybridized carbons (Fsp3) is 0.200. The summed E-state index contributed by atoms with van der Waals surface area (Å²) in [5.74, 6) is 1.22. The summed E-state index contributed by atoms with van der Waals surface area (Å²) in [6.07, 6.45) is 5.04. The molecular weight excluding hydrogens is 242 g/mol. The van der Waals surface area contributed by atoms with Gasteiger partial charge in [0.15, 0.2) is 6.29 Å². The Hall–Kier alpha value is -2.36. The quantitative estimate of drug-likeness (QED) is 0.746. The van der Waals surface area contributed by atoms with Crippen LogP contribution >= 0.6 is 0 Å². The molecule has 0 N–H and O–H groups in total. The van der Waals surface area contributed by atoms with Crippen LogP contribution in [-0.4, -0.2) is 25.0 Å². The smallest absolute Gasteiger partial charge is 0.153 e. The van der Waals surface area contributed by atoms with Gasteiger partial charge in [0.05, 0.1) is 19.3 Å². The van der Waals surface area contributed by atoms with E-state index in [9.17, 15) is 4.79 Å². The first-order valence-corrected chi connectivity index (χ1v) is 5.98. The van der Waals surface area contributed by atoms with E-state index in [1.807, 2.05) is 12.1 Å². The van der Waals surface area contributed by atoms with Gasteiger partial charge in [0.25, 0.3) is 0 Å². The van der Waals surface area contributed by atoms with Crippen molar-refractivity contribution in [3.63, 3.8) is 0 Å². The third-order valence-electron chi connectivity index (χ3n) is 2.75. The number of hydrogen-bond donors (Lipinski definition) is 0. The van der Waals surface area contributed by atoms with E-state index in [0.29, 0.717) is 23.7 Å². The Bertz CT molecular complexity index is 540. The second-order valence-corrected chi connectivity index (χ2v) is 3.98. The van der Waals surface area contributed by atoms with Crippen molar-refractivity contribution in [3.8, 4) is 11.5 Å². The van der Waals surface area contributed by atoms with Crippen LogP contribution in [0.3, 0.4) is 0 Å². The molecular formula is C15H15NO3. The highest BCUT2D eigenvalue weighted by Gasteiger charge is 2.05. The summed E-state index contributed by atoms with van der Waals surface area (Å²) in [6, 6.07) is 9.02. The van der Waals surface area contributed by atoms with Crippen LogP contribution in [0.5, 0.6) is 11.5 Å². The molecule has 4 heteroatoms. The fourth-order valence-corrected chi connectivity index (χ4v) is 1.69. The molecule has 0 aliphatic carbocycles. The van der Waals surface area contributed by atoms with E-state index in [1.54, 1.807) is 37.7 Å². The van der Waals surface area contributed by atoms with Crippen LogP contribution in [0, 0.1) is 0 Å². The van der Waals surface area contributed by atoms with Gasteiger partial charge in [-0.3, -0.25) is 9.78 Å². The minimum absolute atomic E-state index is 0.498. The number of ether oxygens (including phenoxy) is 2. The third kappa shape index (κ3) is 3.55. The molecule has 4 nitrogen and oxygen atoms in total. The average Bonchev–Trinajstić information content (AvgIpc) is 2.48. The molecule has 0 aliphatic rings. The lowest BCUT2D eigenvalue weighted by Crippen LogP contribution is -2.03. The number of aldehydes is 1. The van der Waals surface area contributed by atoms with Gasteiger partial charge in [-0.05, 0) is 29.8 Å². The van der Waals surface area contributed by atoms with Crippen LogP contribution in [0.1, 0.15) is 15.9 Å². The van der Waals surface area contributed by atoms with Crippen molar-refractivity contribution in [1.29, 1.82) is 0 Å². The Morgan fingerprint density at radius 2 is 2.00 bits per heavy atom. The monoisotopic (exact) mass is 257 g/mol. The zero-order valence-corrected chi connectivity index (χ0v) is 10.7. The second-order valence-electron chi connectivity index (χ2n) is 3.98. The van der Waals surface area contributed by atoms with Crippen LogP contribution in [0.15, 0.2) is 42.7 Å². The summed E-state index contributed by atoms with van der Waals surface area (Å²) >= 11 is 0. The Balaban J connectivity index is 2.00. The molecule has 2 rings (SSSR count). The highest BCUT2D eigenvalue weighted by molar-refractivity contribution is 5.79. The van der Waals surface area contributed by atoms with Gasteiger partial charge in [0.1, 0.15) is 11.5 Å². The van der Waals surface area contributed by atoms with Gasteiger partial charge < -0.3 is 9.47 Å². The lowest BCUT2D eigenvalue weighted by Gasteiger charge is -2.10. The summed E-state index contributed by atoms with van der Waals surface area (Å²) in [5.41, 5.74) is 1.67. The number of benzene rings is 1. The van der Waals surface area contributed by atoms with Crippen LogP contribution in [0.2, 0.25) is 0 Å². The zero-order valence-electron chi connectivity index (χ0n) is 10.7. The zero-order chi connectivity index (χ0) is 13.5. The SMILES string of the molecule is COc1ccc(C=O)c(OCCc2ccncc2)c1. The maximum absolute atomic E-state index is 10.9. The molecule has 0 bridgehead atoms. The number of methoxy groups -OCH3 is 1.